The maximum absolute atomic E-state index is 13.1. The number of aryl methyl sites for hydroxylation is 1. The van der Waals surface area contributed by atoms with Crippen LogP contribution in [-0.2, 0) is 17.9 Å². The Balaban J connectivity index is 1.35. The van der Waals surface area contributed by atoms with Crippen molar-refractivity contribution in [1.29, 1.82) is 0 Å². The number of rotatable bonds is 7. The van der Waals surface area contributed by atoms with Gasteiger partial charge in [0.1, 0.15) is 6.61 Å². The molecule has 1 aliphatic rings. The minimum atomic E-state index is -0.335. The van der Waals surface area contributed by atoms with Crippen LogP contribution in [-0.4, -0.2) is 23.2 Å². The van der Waals surface area contributed by atoms with Crippen LogP contribution in [0.1, 0.15) is 22.3 Å². The molecule has 0 unspecified atom stereocenters. The summed E-state index contributed by atoms with van der Waals surface area (Å²) in [4.78, 5) is 27.4. The van der Waals surface area contributed by atoms with E-state index in [1.54, 1.807) is 18.2 Å². The van der Waals surface area contributed by atoms with E-state index in [0.717, 1.165) is 39.2 Å². The number of imide groups is 1. The first-order valence-corrected chi connectivity index (χ1v) is 12.9. The Bertz CT molecular complexity index is 1550. The number of thioether (sulfide) groups is 1. The van der Waals surface area contributed by atoms with E-state index in [0.29, 0.717) is 33.6 Å². The Labute approximate surface area is 224 Å². The van der Waals surface area contributed by atoms with Crippen LogP contribution in [0.15, 0.2) is 83.8 Å². The van der Waals surface area contributed by atoms with E-state index < -0.39 is 0 Å². The molecule has 0 aromatic heterocycles. The zero-order chi connectivity index (χ0) is 25.9. The number of carbonyl (C=O) groups excluding carboxylic acids is 2. The number of fused-ring (bicyclic) bond motifs is 1. The molecule has 0 aliphatic carbocycles. The van der Waals surface area contributed by atoms with Crippen molar-refractivity contribution < 1.29 is 19.1 Å². The maximum Gasteiger partial charge on any atom is 0.293 e. The topological polar surface area (TPSA) is 55.8 Å². The third-order valence-electron chi connectivity index (χ3n) is 6.21. The fourth-order valence-corrected chi connectivity index (χ4v) is 5.30. The molecule has 4 aromatic carbocycles. The number of hydrogen-bond donors (Lipinski definition) is 0. The van der Waals surface area contributed by atoms with Gasteiger partial charge in [-0.1, -0.05) is 72.3 Å². The van der Waals surface area contributed by atoms with E-state index in [2.05, 4.69) is 0 Å². The lowest BCUT2D eigenvalue weighted by molar-refractivity contribution is -0.123. The zero-order valence-corrected chi connectivity index (χ0v) is 21.9. The van der Waals surface area contributed by atoms with Gasteiger partial charge in [-0.25, -0.2) is 0 Å². The molecule has 4 aromatic rings. The van der Waals surface area contributed by atoms with Crippen LogP contribution in [0, 0.1) is 6.92 Å². The van der Waals surface area contributed by atoms with Crippen LogP contribution in [0.4, 0.5) is 4.79 Å². The van der Waals surface area contributed by atoms with Gasteiger partial charge in [-0.2, -0.15) is 0 Å². The summed E-state index contributed by atoms with van der Waals surface area (Å²) in [5, 5.41) is 2.22. The van der Waals surface area contributed by atoms with Gasteiger partial charge in [0.2, 0.25) is 0 Å². The second kappa shape index (κ2) is 10.7. The van der Waals surface area contributed by atoms with Gasteiger partial charge in [-0.3, -0.25) is 14.5 Å². The summed E-state index contributed by atoms with van der Waals surface area (Å²) in [5.41, 5.74) is 3.70. The summed E-state index contributed by atoms with van der Waals surface area (Å²) in [7, 11) is 1.54. The number of hydrogen-bond acceptors (Lipinski definition) is 5. The van der Waals surface area contributed by atoms with Crippen molar-refractivity contribution in [3.05, 3.63) is 111 Å². The standard InChI is InChI=1S/C30H24ClNO4S/c1-19-7-3-4-10-24(19)18-36-28-25(31)14-21(15-26(28)35-2)16-27-29(33)32(30(34)37-27)17-20-11-12-22-8-5-6-9-23(22)13-20/h3-16H,17-18H2,1-2H3/b27-16-. The first-order chi connectivity index (χ1) is 17.9. The van der Waals surface area contributed by atoms with Crippen LogP contribution in [0.3, 0.4) is 0 Å². The third-order valence-corrected chi connectivity index (χ3v) is 7.40. The predicted molar refractivity (Wildman–Crippen MR) is 149 cm³/mol. The summed E-state index contributed by atoms with van der Waals surface area (Å²) in [5.74, 6) is 0.537. The van der Waals surface area contributed by atoms with Crippen molar-refractivity contribution in [2.75, 3.05) is 7.11 Å². The van der Waals surface area contributed by atoms with Crippen molar-refractivity contribution >= 4 is 51.4 Å². The molecule has 0 saturated carbocycles. The molecule has 1 heterocycles. The summed E-state index contributed by atoms with van der Waals surface area (Å²) < 4.78 is 11.5. The molecule has 37 heavy (non-hydrogen) atoms. The molecule has 1 saturated heterocycles. The molecule has 0 bridgehead atoms. The predicted octanol–water partition coefficient (Wildman–Crippen LogP) is 7.63. The lowest BCUT2D eigenvalue weighted by atomic mass is 10.1. The van der Waals surface area contributed by atoms with Gasteiger partial charge in [-0.05, 0) is 76.0 Å². The molecule has 5 nitrogen and oxygen atoms in total. The highest BCUT2D eigenvalue weighted by atomic mass is 35.5. The highest BCUT2D eigenvalue weighted by Gasteiger charge is 2.35. The van der Waals surface area contributed by atoms with Crippen LogP contribution in [0.5, 0.6) is 11.5 Å². The fourth-order valence-electron chi connectivity index (χ4n) is 4.19. The number of benzene rings is 4. The number of halogens is 1. The molecule has 0 atom stereocenters. The molecule has 0 radical (unpaired) electrons. The summed E-state index contributed by atoms with van der Waals surface area (Å²) in [6.07, 6.45) is 1.66. The first-order valence-electron chi connectivity index (χ1n) is 11.7. The quantitative estimate of drug-likeness (QED) is 0.230. The second-order valence-electron chi connectivity index (χ2n) is 8.70. The van der Waals surface area contributed by atoms with Gasteiger partial charge in [-0.15, -0.1) is 0 Å². The van der Waals surface area contributed by atoms with E-state index >= 15 is 0 Å². The van der Waals surface area contributed by atoms with Crippen molar-refractivity contribution in [3.63, 3.8) is 0 Å². The van der Waals surface area contributed by atoms with Crippen molar-refractivity contribution in [2.45, 2.75) is 20.1 Å². The van der Waals surface area contributed by atoms with Crippen LogP contribution >= 0.6 is 23.4 Å². The van der Waals surface area contributed by atoms with E-state index in [4.69, 9.17) is 21.1 Å². The number of ether oxygens (including phenoxy) is 2. The summed E-state index contributed by atoms with van der Waals surface area (Å²) in [6.45, 7) is 2.58. The van der Waals surface area contributed by atoms with E-state index in [9.17, 15) is 9.59 Å². The summed E-state index contributed by atoms with van der Waals surface area (Å²) >= 11 is 7.47. The molecule has 0 spiro atoms. The first kappa shape index (κ1) is 24.9. The Morgan fingerprint density at radius 2 is 1.70 bits per heavy atom. The lowest BCUT2D eigenvalue weighted by Crippen LogP contribution is -2.27. The van der Waals surface area contributed by atoms with Crippen LogP contribution in [0.2, 0.25) is 5.02 Å². The van der Waals surface area contributed by atoms with Crippen LogP contribution < -0.4 is 9.47 Å². The van der Waals surface area contributed by atoms with Gasteiger partial charge in [0, 0.05) is 0 Å². The fraction of sp³-hybridized carbons (Fsp3) is 0.133. The Morgan fingerprint density at radius 3 is 2.49 bits per heavy atom. The van der Waals surface area contributed by atoms with Gasteiger partial charge in [0.05, 0.1) is 23.6 Å². The minimum Gasteiger partial charge on any atom is -0.493 e. The average Bonchev–Trinajstić information content (AvgIpc) is 3.15. The molecule has 0 N–H and O–H groups in total. The molecule has 1 fully saturated rings. The average molecular weight is 530 g/mol. The van der Waals surface area contributed by atoms with Gasteiger partial charge in [0.25, 0.3) is 11.1 Å². The van der Waals surface area contributed by atoms with Gasteiger partial charge >= 0.3 is 0 Å². The van der Waals surface area contributed by atoms with E-state index in [1.165, 1.54) is 12.0 Å². The molecule has 7 heteroatoms. The van der Waals surface area contributed by atoms with E-state index in [-0.39, 0.29) is 17.7 Å². The minimum absolute atomic E-state index is 0.211. The number of methoxy groups -OCH3 is 1. The SMILES string of the molecule is COc1cc(/C=C2\SC(=O)N(Cc3ccc4ccccc4c3)C2=O)cc(Cl)c1OCc1ccccc1C. The monoisotopic (exact) mass is 529 g/mol. The normalized spacial score (nSPS) is 14.6. The van der Waals surface area contributed by atoms with Crippen molar-refractivity contribution in [1.82, 2.24) is 4.90 Å². The number of nitrogens with zero attached hydrogens (tertiary/aromatic N) is 1. The maximum atomic E-state index is 13.1. The Hall–Kier alpha value is -3.74. The third kappa shape index (κ3) is 5.36. The highest BCUT2D eigenvalue weighted by Crippen LogP contribution is 2.39. The van der Waals surface area contributed by atoms with Crippen molar-refractivity contribution in [2.24, 2.45) is 0 Å². The number of amides is 2. The molecular weight excluding hydrogens is 506 g/mol. The largest absolute Gasteiger partial charge is 0.493 e. The lowest BCUT2D eigenvalue weighted by Gasteiger charge is -2.14. The molecule has 186 valence electrons. The Morgan fingerprint density at radius 1 is 0.946 bits per heavy atom. The second-order valence-corrected chi connectivity index (χ2v) is 10.1. The molecule has 2 amide bonds. The smallest absolute Gasteiger partial charge is 0.293 e. The molecule has 1 aliphatic heterocycles. The number of carbonyl (C=O) groups is 2. The molecular formula is C30H24ClNO4S. The Kier molecular flexibility index (Phi) is 7.22. The van der Waals surface area contributed by atoms with Crippen molar-refractivity contribution in [3.8, 4) is 11.5 Å². The van der Waals surface area contributed by atoms with Crippen LogP contribution in [0.25, 0.3) is 16.8 Å². The molecule has 5 rings (SSSR count). The zero-order valence-electron chi connectivity index (χ0n) is 20.4. The van der Waals surface area contributed by atoms with E-state index in [1.807, 2.05) is 73.7 Å². The highest BCUT2D eigenvalue weighted by molar-refractivity contribution is 8.18. The van der Waals surface area contributed by atoms with Gasteiger partial charge in [0.15, 0.2) is 11.5 Å². The van der Waals surface area contributed by atoms with Gasteiger partial charge < -0.3 is 9.47 Å². The summed E-state index contributed by atoms with van der Waals surface area (Å²) in [6, 6.07) is 25.3.